The first-order valence-corrected chi connectivity index (χ1v) is 6.91. The molecule has 0 aliphatic carbocycles. The van der Waals surface area contributed by atoms with Crippen LogP contribution < -0.4 is 4.43 Å². The van der Waals surface area contributed by atoms with Crippen molar-refractivity contribution in [2.75, 3.05) is 6.61 Å². The zero-order chi connectivity index (χ0) is 15.7. The molecule has 0 aliphatic heterocycles. The lowest BCUT2D eigenvalue weighted by Gasteiger charge is -2.16. The monoisotopic (exact) mass is 330 g/mol. The van der Waals surface area contributed by atoms with E-state index in [0.29, 0.717) is 9.16 Å². The molecule has 6 nitrogen and oxygen atoms in total. The molecule has 0 saturated carbocycles. The number of hydrogen-bond donors (Lipinski definition) is 0. The molecule has 0 fully saturated rings. The van der Waals surface area contributed by atoms with Gasteiger partial charge in [-0.25, -0.2) is 0 Å². The maximum atomic E-state index is 12.4. The third-order valence-corrected chi connectivity index (χ3v) is 3.76. The van der Waals surface area contributed by atoms with Crippen molar-refractivity contribution in [3.63, 3.8) is 0 Å². The van der Waals surface area contributed by atoms with Gasteiger partial charge in [-0.05, 0) is 19.9 Å². The number of hydrogen-bond acceptors (Lipinski definition) is 4. The standard InChI is InChI=1S/C13H12Cl2N2O4/c1-3-21-13(18)6-10-7(2)16(19)11-4-8(14)9(15)5-12(11)17(10)20/h4-5H,3,6H2,1-2H3. The van der Waals surface area contributed by atoms with Crippen LogP contribution in [0.3, 0.4) is 0 Å². The number of carbonyl (C=O) groups is 1. The van der Waals surface area contributed by atoms with E-state index in [2.05, 4.69) is 0 Å². The molecule has 8 heteroatoms. The van der Waals surface area contributed by atoms with E-state index in [4.69, 9.17) is 27.9 Å². The second kappa shape index (κ2) is 5.91. The van der Waals surface area contributed by atoms with Crippen molar-refractivity contribution < 1.29 is 14.0 Å². The minimum Gasteiger partial charge on any atom is -0.805 e. The van der Waals surface area contributed by atoms with Crippen LogP contribution in [-0.2, 0) is 16.0 Å². The van der Waals surface area contributed by atoms with E-state index in [0.717, 1.165) is 0 Å². The van der Waals surface area contributed by atoms with Gasteiger partial charge in [0.25, 0.3) is 11.2 Å². The van der Waals surface area contributed by atoms with Crippen molar-refractivity contribution in [1.29, 1.82) is 0 Å². The van der Waals surface area contributed by atoms with Gasteiger partial charge in [0, 0.05) is 11.0 Å². The first-order valence-electron chi connectivity index (χ1n) is 6.15. The summed E-state index contributed by atoms with van der Waals surface area (Å²) < 4.78 is 5.87. The second-order valence-electron chi connectivity index (χ2n) is 4.36. The highest BCUT2D eigenvalue weighted by Crippen LogP contribution is 2.27. The number of benzene rings is 1. The van der Waals surface area contributed by atoms with Crippen molar-refractivity contribution in [1.82, 2.24) is 4.73 Å². The highest BCUT2D eigenvalue weighted by molar-refractivity contribution is 6.42. The molecule has 0 bridgehead atoms. The topological polar surface area (TPSA) is 77.3 Å². The summed E-state index contributed by atoms with van der Waals surface area (Å²) in [4.78, 5) is 23.9. The number of ether oxygens (including phenoxy) is 1. The SMILES string of the molecule is CCOC(=O)Cc1c(C)n([O-])c2cc(Cl)c(Cl)cc2[n+]1=O. The van der Waals surface area contributed by atoms with Crippen LogP contribution in [-0.4, -0.2) is 17.3 Å². The van der Waals surface area contributed by atoms with Gasteiger partial charge in [-0.3, -0.25) is 4.79 Å². The molecule has 0 saturated heterocycles. The molecule has 0 amide bonds. The average Bonchev–Trinajstić information content (AvgIpc) is 2.44. The molecule has 2 rings (SSSR count). The van der Waals surface area contributed by atoms with Gasteiger partial charge in [-0.1, -0.05) is 23.2 Å². The van der Waals surface area contributed by atoms with Crippen LogP contribution >= 0.6 is 23.2 Å². The lowest BCUT2D eigenvalue weighted by atomic mass is 10.2. The maximum Gasteiger partial charge on any atom is 0.316 e. The molecule has 1 aromatic heterocycles. The highest BCUT2D eigenvalue weighted by atomic mass is 35.5. The molecular formula is C13H12Cl2N2O4. The molecule has 0 radical (unpaired) electrons. The fourth-order valence-corrected chi connectivity index (χ4v) is 2.31. The van der Waals surface area contributed by atoms with Gasteiger partial charge in [0.2, 0.25) is 0 Å². The Labute approximate surface area is 130 Å². The Morgan fingerprint density at radius 2 is 2.00 bits per heavy atom. The molecule has 112 valence electrons. The van der Waals surface area contributed by atoms with E-state index in [1.807, 2.05) is 0 Å². The molecule has 0 aliphatic rings. The van der Waals surface area contributed by atoms with Gasteiger partial charge >= 0.3 is 5.97 Å². The number of rotatable bonds is 3. The zero-order valence-electron chi connectivity index (χ0n) is 11.4. The summed E-state index contributed by atoms with van der Waals surface area (Å²) in [5.41, 5.74) is 0.270. The molecule has 1 heterocycles. The minimum absolute atomic E-state index is 0.0225. The van der Waals surface area contributed by atoms with E-state index in [-0.39, 0.29) is 45.5 Å². The Kier molecular flexibility index (Phi) is 4.39. The number of aromatic nitrogens is 2. The Bertz CT molecular complexity index is 786. The van der Waals surface area contributed by atoms with E-state index >= 15 is 0 Å². The number of halogens is 2. The normalized spacial score (nSPS) is 10.9. The predicted molar refractivity (Wildman–Crippen MR) is 79.2 cm³/mol. The van der Waals surface area contributed by atoms with Gasteiger partial charge in [-0.2, -0.15) is 0 Å². The Morgan fingerprint density at radius 1 is 1.38 bits per heavy atom. The summed E-state index contributed by atoms with van der Waals surface area (Å²) in [6.07, 6.45) is -0.290. The van der Waals surface area contributed by atoms with Crippen LogP contribution in [0, 0.1) is 17.0 Å². The molecule has 0 unspecified atom stereocenters. The van der Waals surface area contributed by atoms with Crippen LogP contribution in [0.4, 0.5) is 0 Å². The lowest BCUT2D eigenvalue weighted by Crippen LogP contribution is -2.29. The quantitative estimate of drug-likeness (QED) is 0.640. The van der Waals surface area contributed by atoms with Crippen molar-refractivity contribution in [2.24, 2.45) is 0 Å². The van der Waals surface area contributed by atoms with Crippen LogP contribution in [0.2, 0.25) is 10.0 Å². The molecule has 2 aromatic rings. The van der Waals surface area contributed by atoms with Crippen LogP contribution in [0.1, 0.15) is 18.3 Å². The van der Waals surface area contributed by atoms with Crippen LogP contribution in [0.15, 0.2) is 12.1 Å². The predicted octanol–water partition coefficient (Wildman–Crippen LogP) is 2.62. The van der Waals surface area contributed by atoms with Gasteiger partial charge < -0.3 is 14.7 Å². The molecule has 0 atom stereocenters. The largest absolute Gasteiger partial charge is 0.805 e. The Hall–Kier alpha value is -1.79. The van der Waals surface area contributed by atoms with Crippen molar-refractivity contribution in [3.8, 4) is 0 Å². The average molecular weight is 331 g/mol. The number of carbonyl (C=O) groups excluding carboxylic acids is 1. The summed E-state index contributed by atoms with van der Waals surface area (Å²) >= 11 is 11.7. The van der Waals surface area contributed by atoms with Crippen LogP contribution in [0.5, 0.6) is 0 Å². The molecule has 1 aromatic carbocycles. The first kappa shape index (κ1) is 15.6. The number of nitrogens with zero attached hydrogens (tertiary/aromatic N) is 2. The van der Waals surface area contributed by atoms with Gasteiger partial charge in [-0.15, -0.1) is 0 Å². The smallest absolute Gasteiger partial charge is 0.316 e. The molecule has 0 N–H and O–H groups in total. The minimum atomic E-state index is -0.579. The van der Waals surface area contributed by atoms with Gasteiger partial charge in [0.05, 0.1) is 26.8 Å². The summed E-state index contributed by atoms with van der Waals surface area (Å²) in [5, 5.41) is 12.5. The third-order valence-electron chi connectivity index (χ3n) is 3.04. The second-order valence-corrected chi connectivity index (χ2v) is 5.17. The van der Waals surface area contributed by atoms with E-state index in [1.165, 1.54) is 19.1 Å². The zero-order valence-corrected chi connectivity index (χ0v) is 12.9. The fraction of sp³-hybridized carbons (Fsp3) is 0.308. The van der Waals surface area contributed by atoms with E-state index in [1.54, 1.807) is 6.92 Å². The Morgan fingerprint density at radius 3 is 2.62 bits per heavy atom. The summed E-state index contributed by atoms with van der Waals surface area (Å²) in [6.45, 7) is 3.31. The van der Waals surface area contributed by atoms with Gasteiger partial charge in [0.15, 0.2) is 0 Å². The highest BCUT2D eigenvalue weighted by Gasteiger charge is 2.24. The molecular weight excluding hydrogens is 319 g/mol. The summed E-state index contributed by atoms with van der Waals surface area (Å²) in [5.74, 6) is -0.579. The van der Waals surface area contributed by atoms with E-state index < -0.39 is 5.97 Å². The maximum absolute atomic E-state index is 12.4. The van der Waals surface area contributed by atoms with Crippen molar-refractivity contribution >= 4 is 40.2 Å². The number of esters is 1. The fourth-order valence-electron chi connectivity index (χ4n) is 1.99. The van der Waals surface area contributed by atoms with Crippen molar-refractivity contribution in [3.05, 3.63) is 43.7 Å². The van der Waals surface area contributed by atoms with E-state index in [9.17, 15) is 14.9 Å². The van der Waals surface area contributed by atoms with Crippen molar-refractivity contribution in [2.45, 2.75) is 20.3 Å². The summed E-state index contributed by atoms with van der Waals surface area (Å²) in [6, 6.07) is 2.62. The molecule has 0 spiro atoms. The first-order chi connectivity index (χ1) is 9.86. The lowest BCUT2D eigenvalue weighted by molar-refractivity contribution is -0.475. The third kappa shape index (κ3) is 2.82. The summed E-state index contributed by atoms with van der Waals surface area (Å²) in [7, 11) is 0. The van der Waals surface area contributed by atoms with Crippen LogP contribution in [0.25, 0.3) is 11.0 Å². The Balaban J connectivity index is 2.71. The number of fused-ring (bicyclic) bond motifs is 1. The molecule has 21 heavy (non-hydrogen) atoms. The van der Waals surface area contributed by atoms with Gasteiger partial charge in [0.1, 0.15) is 11.9 Å².